The fourth-order valence-electron chi connectivity index (χ4n) is 3.34. The van der Waals surface area contributed by atoms with Crippen LogP contribution in [0.3, 0.4) is 0 Å². The molecule has 0 aromatic carbocycles. The number of carbonyl (C=O) groups is 1. The Morgan fingerprint density at radius 1 is 0.958 bits per heavy atom. The van der Waals surface area contributed by atoms with Crippen LogP contribution in [0.5, 0.6) is 0 Å². The van der Waals surface area contributed by atoms with E-state index in [4.69, 9.17) is 4.74 Å². The number of hydrogen-bond acceptors (Lipinski definition) is 2. The molecule has 0 atom stereocenters. The number of ketones is 1. The monoisotopic (exact) mass is 324 g/mol. The Labute approximate surface area is 145 Å². The summed E-state index contributed by atoms with van der Waals surface area (Å²) in [5.74, 6) is 2.23. The molecule has 1 spiro atoms. The lowest BCUT2D eigenvalue weighted by Crippen LogP contribution is -2.31. The maximum atomic E-state index is 13.0. The first-order chi connectivity index (χ1) is 11.0. The van der Waals surface area contributed by atoms with E-state index in [1.807, 2.05) is 6.08 Å². The van der Waals surface area contributed by atoms with Gasteiger partial charge in [0.1, 0.15) is 11.5 Å². The fraction of sp³-hybridized carbons (Fsp3) is 0.500. The fourth-order valence-corrected chi connectivity index (χ4v) is 3.34. The minimum absolute atomic E-state index is 0.131. The molecule has 128 valence electrons. The Kier molecular flexibility index (Phi) is 3.78. The van der Waals surface area contributed by atoms with Crippen LogP contribution in [0.25, 0.3) is 0 Å². The van der Waals surface area contributed by atoms with E-state index in [0.29, 0.717) is 0 Å². The quantitative estimate of drug-likeness (QED) is 0.636. The van der Waals surface area contributed by atoms with Crippen molar-refractivity contribution in [3.05, 3.63) is 59.6 Å². The standard InChI is InChI=1S/C22H28O2/c1-20(2,3)18-13-22(14-19(24-18)21(4,5)6)12-16(11-17(22)23)15-9-7-8-10-15/h7-11,13-15H,12H2,1-6H3. The van der Waals surface area contributed by atoms with Gasteiger partial charge in [0.2, 0.25) is 0 Å². The van der Waals surface area contributed by atoms with E-state index in [2.05, 4.69) is 78.0 Å². The van der Waals surface area contributed by atoms with Crippen LogP contribution in [0.1, 0.15) is 48.0 Å². The molecule has 3 aliphatic rings. The molecule has 0 saturated carbocycles. The molecule has 1 heterocycles. The zero-order valence-corrected chi connectivity index (χ0v) is 15.6. The molecule has 0 amide bonds. The van der Waals surface area contributed by atoms with Crippen LogP contribution < -0.4 is 0 Å². The van der Waals surface area contributed by atoms with E-state index in [1.54, 1.807) is 0 Å². The zero-order chi connectivity index (χ0) is 17.8. The SMILES string of the molecule is CC(C)(C)C1=CC2(C=C(C(C)(C)C)O1)CC(C1C=CC=C1)=CC2=O. The molecule has 0 bridgehead atoms. The predicted molar refractivity (Wildman–Crippen MR) is 98.1 cm³/mol. The van der Waals surface area contributed by atoms with Crippen molar-refractivity contribution in [1.29, 1.82) is 0 Å². The highest BCUT2D eigenvalue weighted by Crippen LogP contribution is 2.49. The Balaban J connectivity index is 2.03. The Hall–Kier alpha value is -1.83. The first-order valence-corrected chi connectivity index (χ1v) is 8.76. The first-order valence-electron chi connectivity index (χ1n) is 8.76. The van der Waals surface area contributed by atoms with Gasteiger partial charge in [0.25, 0.3) is 0 Å². The Morgan fingerprint density at radius 3 is 1.92 bits per heavy atom. The van der Waals surface area contributed by atoms with Crippen LogP contribution in [-0.4, -0.2) is 5.78 Å². The van der Waals surface area contributed by atoms with E-state index < -0.39 is 5.41 Å². The second-order valence-corrected chi connectivity index (χ2v) is 9.22. The van der Waals surface area contributed by atoms with Crippen molar-refractivity contribution in [1.82, 2.24) is 0 Å². The molecule has 1 aliphatic heterocycles. The molecule has 2 nitrogen and oxygen atoms in total. The Bertz CT molecular complexity index is 670. The van der Waals surface area contributed by atoms with Crippen molar-refractivity contribution in [2.24, 2.45) is 22.2 Å². The molecule has 24 heavy (non-hydrogen) atoms. The molecule has 0 radical (unpaired) electrons. The topological polar surface area (TPSA) is 26.3 Å². The third-order valence-corrected chi connectivity index (χ3v) is 4.92. The van der Waals surface area contributed by atoms with Crippen LogP contribution in [0, 0.1) is 22.2 Å². The van der Waals surface area contributed by atoms with Crippen molar-refractivity contribution in [3.63, 3.8) is 0 Å². The summed E-state index contributed by atoms with van der Waals surface area (Å²) in [6.07, 6.45) is 15.1. The highest BCUT2D eigenvalue weighted by atomic mass is 16.5. The molecule has 0 N–H and O–H groups in total. The van der Waals surface area contributed by atoms with Crippen LogP contribution in [0.15, 0.2) is 59.6 Å². The van der Waals surface area contributed by atoms with Crippen molar-refractivity contribution < 1.29 is 9.53 Å². The smallest absolute Gasteiger partial charge is 0.169 e. The van der Waals surface area contributed by atoms with Gasteiger partial charge in [-0.1, -0.05) is 71.4 Å². The maximum Gasteiger partial charge on any atom is 0.169 e. The summed E-state index contributed by atoms with van der Waals surface area (Å²) in [5.41, 5.74) is 0.353. The molecule has 0 unspecified atom stereocenters. The highest BCUT2D eigenvalue weighted by molar-refractivity contribution is 6.02. The third-order valence-electron chi connectivity index (χ3n) is 4.92. The largest absolute Gasteiger partial charge is 0.466 e. The Morgan fingerprint density at radius 2 is 1.46 bits per heavy atom. The molecule has 3 rings (SSSR count). The van der Waals surface area contributed by atoms with Crippen LogP contribution in [-0.2, 0) is 9.53 Å². The van der Waals surface area contributed by atoms with Crippen molar-refractivity contribution in [3.8, 4) is 0 Å². The number of ether oxygens (including phenoxy) is 1. The molecule has 2 aliphatic carbocycles. The van der Waals surface area contributed by atoms with Gasteiger partial charge >= 0.3 is 0 Å². The lowest BCUT2D eigenvalue weighted by atomic mass is 9.74. The highest BCUT2D eigenvalue weighted by Gasteiger charge is 2.45. The molecular formula is C22H28O2. The first kappa shape index (κ1) is 17.0. The molecule has 2 heteroatoms. The van der Waals surface area contributed by atoms with Gasteiger partial charge in [0.15, 0.2) is 5.78 Å². The minimum Gasteiger partial charge on any atom is -0.466 e. The van der Waals surface area contributed by atoms with E-state index in [9.17, 15) is 4.79 Å². The lowest BCUT2D eigenvalue weighted by molar-refractivity contribution is -0.119. The van der Waals surface area contributed by atoms with E-state index >= 15 is 0 Å². The van der Waals surface area contributed by atoms with Crippen LogP contribution in [0.2, 0.25) is 0 Å². The van der Waals surface area contributed by atoms with Gasteiger partial charge < -0.3 is 4.74 Å². The number of allylic oxidation sites excluding steroid dienone is 10. The van der Waals surface area contributed by atoms with Crippen molar-refractivity contribution in [2.75, 3.05) is 0 Å². The second-order valence-electron chi connectivity index (χ2n) is 9.22. The molecule has 0 aromatic rings. The summed E-state index contributed by atoms with van der Waals surface area (Å²) >= 11 is 0. The second kappa shape index (κ2) is 5.34. The average Bonchev–Trinajstić information content (AvgIpc) is 3.06. The predicted octanol–water partition coefficient (Wildman–Crippen LogP) is 5.50. The van der Waals surface area contributed by atoms with Gasteiger partial charge in [-0.3, -0.25) is 4.79 Å². The molecule has 0 fully saturated rings. The normalized spacial score (nSPS) is 23.4. The summed E-state index contributed by atoms with van der Waals surface area (Å²) in [6.45, 7) is 12.8. The van der Waals surface area contributed by atoms with Crippen LogP contribution in [0.4, 0.5) is 0 Å². The molecular weight excluding hydrogens is 296 g/mol. The van der Waals surface area contributed by atoms with E-state index in [-0.39, 0.29) is 22.5 Å². The molecule has 0 aromatic heterocycles. The summed E-state index contributed by atoms with van der Waals surface area (Å²) in [4.78, 5) is 13.0. The van der Waals surface area contributed by atoms with E-state index in [1.165, 1.54) is 5.57 Å². The van der Waals surface area contributed by atoms with Gasteiger partial charge in [-0.15, -0.1) is 0 Å². The average molecular weight is 324 g/mol. The number of rotatable bonds is 1. The zero-order valence-electron chi connectivity index (χ0n) is 15.6. The number of carbonyl (C=O) groups excluding carboxylic acids is 1. The van der Waals surface area contributed by atoms with E-state index in [0.717, 1.165) is 17.9 Å². The number of hydrogen-bond donors (Lipinski definition) is 0. The van der Waals surface area contributed by atoms with Crippen LogP contribution >= 0.6 is 0 Å². The van der Waals surface area contributed by atoms with Gasteiger partial charge in [-0.2, -0.15) is 0 Å². The summed E-state index contributed by atoms with van der Waals surface area (Å²) in [7, 11) is 0. The minimum atomic E-state index is -0.580. The lowest BCUT2D eigenvalue weighted by Gasteiger charge is -2.37. The maximum absolute atomic E-state index is 13.0. The van der Waals surface area contributed by atoms with Gasteiger partial charge in [0, 0.05) is 16.7 Å². The van der Waals surface area contributed by atoms with Gasteiger partial charge in [-0.05, 0) is 24.6 Å². The van der Waals surface area contributed by atoms with Gasteiger partial charge in [-0.25, -0.2) is 0 Å². The van der Waals surface area contributed by atoms with Crippen molar-refractivity contribution in [2.45, 2.75) is 48.0 Å². The third kappa shape index (κ3) is 2.94. The summed E-state index contributed by atoms with van der Waals surface area (Å²) in [6, 6.07) is 0. The summed E-state index contributed by atoms with van der Waals surface area (Å²) in [5, 5.41) is 0. The van der Waals surface area contributed by atoms with Crippen molar-refractivity contribution >= 4 is 5.78 Å². The van der Waals surface area contributed by atoms with Gasteiger partial charge in [0.05, 0.1) is 5.41 Å². The summed E-state index contributed by atoms with van der Waals surface area (Å²) < 4.78 is 6.23. The molecule has 0 saturated heterocycles.